The van der Waals surface area contributed by atoms with Gasteiger partial charge in [0.15, 0.2) is 5.78 Å². The molecule has 204 valence electrons. The molecule has 4 rings (SSSR count). The Morgan fingerprint density at radius 3 is 1.70 bits per heavy atom. The largest absolute Gasteiger partial charge is 0.497 e. The number of ether oxygens (including phenoxy) is 4. The first-order valence-corrected chi connectivity index (χ1v) is 12.9. The summed E-state index contributed by atoms with van der Waals surface area (Å²) in [4.78, 5) is 25.6. The molecule has 6 nitrogen and oxygen atoms in total. The van der Waals surface area contributed by atoms with E-state index < -0.39 is 11.6 Å². The van der Waals surface area contributed by atoms with Crippen LogP contribution in [0.3, 0.4) is 0 Å². The van der Waals surface area contributed by atoms with Crippen molar-refractivity contribution in [2.24, 2.45) is 0 Å². The molecule has 4 aromatic rings. The maximum Gasteiger partial charge on any atom is 0.355 e. The van der Waals surface area contributed by atoms with Crippen molar-refractivity contribution in [3.05, 3.63) is 118 Å². The molecule has 0 saturated carbocycles. The third kappa shape index (κ3) is 7.30. The molecule has 0 aliphatic rings. The Morgan fingerprint density at radius 2 is 1.15 bits per heavy atom. The fraction of sp³-hybridized carbons (Fsp3) is 0.152. The van der Waals surface area contributed by atoms with Gasteiger partial charge in [0, 0.05) is 22.2 Å². The molecule has 40 heavy (non-hydrogen) atoms. The Hall–Kier alpha value is -4.55. The Kier molecular flexibility index (Phi) is 8.92. The Labute approximate surface area is 238 Å². The van der Waals surface area contributed by atoms with E-state index in [4.69, 9.17) is 30.5 Å². The van der Waals surface area contributed by atoms with Gasteiger partial charge < -0.3 is 18.9 Å². The molecule has 0 saturated heterocycles. The molecule has 0 aliphatic carbocycles. The zero-order valence-electron chi connectivity index (χ0n) is 22.6. The van der Waals surface area contributed by atoms with Crippen molar-refractivity contribution in [2.75, 3.05) is 14.2 Å². The van der Waals surface area contributed by atoms with Crippen molar-refractivity contribution in [1.29, 1.82) is 0 Å². The predicted octanol–water partition coefficient (Wildman–Crippen LogP) is 7.52. The maximum atomic E-state index is 12.9. The number of hydrogen-bond donors (Lipinski definition) is 0. The lowest BCUT2D eigenvalue weighted by atomic mass is 10.0. The normalized spacial score (nSPS) is 11.2. The maximum absolute atomic E-state index is 12.9. The Balaban J connectivity index is 1.36. The fourth-order valence-electron chi connectivity index (χ4n) is 3.77. The van der Waals surface area contributed by atoms with Gasteiger partial charge in [-0.3, -0.25) is 4.79 Å². The second-order valence-electron chi connectivity index (χ2n) is 9.41. The summed E-state index contributed by atoms with van der Waals surface area (Å²) in [6.07, 6.45) is 3.88. The number of ketones is 1. The van der Waals surface area contributed by atoms with Crippen molar-refractivity contribution in [1.82, 2.24) is 0 Å². The second kappa shape index (κ2) is 12.5. The quantitative estimate of drug-likeness (QED) is 0.0870. The van der Waals surface area contributed by atoms with E-state index >= 15 is 0 Å². The van der Waals surface area contributed by atoms with E-state index in [0.717, 1.165) is 11.1 Å². The van der Waals surface area contributed by atoms with Gasteiger partial charge in [0.1, 0.15) is 23.0 Å². The number of esters is 1. The van der Waals surface area contributed by atoms with E-state index in [0.29, 0.717) is 39.1 Å². The lowest BCUT2D eigenvalue weighted by Gasteiger charge is -2.24. The van der Waals surface area contributed by atoms with Crippen LogP contribution in [0.25, 0.3) is 12.2 Å². The zero-order valence-corrected chi connectivity index (χ0v) is 23.4. The number of carbonyl (C=O) groups excluding carboxylic acids is 2. The fourth-order valence-corrected chi connectivity index (χ4v) is 3.90. The van der Waals surface area contributed by atoms with Gasteiger partial charge in [-0.05, 0) is 97.8 Å². The molecule has 0 unspecified atom stereocenters. The van der Waals surface area contributed by atoms with Gasteiger partial charge >= 0.3 is 5.97 Å². The molecule has 0 spiro atoms. The monoisotopic (exact) mass is 556 g/mol. The second-order valence-corrected chi connectivity index (χ2v) is 9.85. The van der Waals surface area contributed by atoms with Gasteiger partial charge in [0.05, 0.1) is 14.2 Å². The van der Waals surface area contributed by atoms with Crippen LogP contribution in [0, 0.1) is 0 Å². The standard InChI is InChI=1S/C33H29ClO6/c1-33(2,40-28-17-11-25(12-18-28)31(35)24-9-13-26(34)14-10-24)32(36)39-27-15-7-22(8-16-27)5-6-23-19-29(37-3)21-30(20-23)38-4/h5-21H,1-4H3/b6-5+. The van der Waals surface area contributed by atoms with Crippen LogP contribution in [-0.2, 0) is 4.79 Å². The van der Waals surface area contributed by atoms with Crippen LogP contribution in [0.4, 0.5) is 0 Å². The van der Waals surface area contributed by atoms with Gasteiger partial charge in [0.2, 0.25) is 5.60 Å². The van der Waals surface area contributed by atoms with Gasteiger partial charge in [-0.15, -0.1) is 0 Å². The lowest BCUT2D eigenvalue weighted by Crippen LogP contribution is -2.41. The minimum Gasteiger partial charge on any atom is -0.497 e. The van der Waals surface area contributed by atoms with Gasteiger partial charge in [-0.1, -0.05) is 35.9 Å². The van der Waals surface area contributed by atoms with E-state index in [1.54, 1.807) is 88.7 Å². The molecule has 0 radical (unpaired) electrons. The van der Waals surface area contributed by atoms with Crippen LogP contribution in [0.5, 0.6) is 23.0 Å². The van der Waals surface area contributed by atoms with Crippen LogP contribution >= 0.6 is 11.6 Å². The molecule has 0 bridgehead atoms. The molecule has 0 fully saturated rings. The van der Waals surface area contributed by atoms with Crippen LogP contribution in [0.2, 0.25) is 5.02 Å². The molecule has 7 heteroatoms. The summed E-state index contributed by atoms with van der Waals surface area (Å²) in [6.45, 7) is 3.25. The number of methoxy groups -OCH3 is 2. The zero-order chi connectivity index (χ0) is 28.7. The van der Waals surface area contributed by atoms with Crippen molar-refractivity contribution >= 4 is 35.5 Å². The summed E-state index contributed by atoms with van der Waals surface area (Å²) in [5.74, 6) is 1.54. The molecule has 4 aromatic carbocycles. The molecule has 0 aromatic heterocycles. The Bertz CT molecular complexity index is 1480. The number of rotatable bonds is 10. The van der Waals surface area contributed by atoms with E-state index in [1.807, 2.05) is 42.5 Å². The molecular weight excluding hydrogens is 528 g/mol. The van der Waals surface area contributed by atoms with Crippen molar-refractivity contribution < 1.29 is 28.5 Å². The van der Waals surface area contributed by atoms with Crippen LogP contribution in [0.1, 0.15) is 40.9 Å². The molecule has 0 aliphatic heterocycles. The first-order chi connectivity index (χ1) is 19.2. The van der Waals surface area contributed by atoms with E-state index in [1.165, 1.54) is 0 Å². The number of carbonyl (C=O) groups is 2. The first-order valence-electron chi connectivity index (χ1n) is 12.5. The average molecular weight is 557 g/mol. The number of halogens is 1. The number of hydrogen-bond acceptors (Lipinski definition) is 6. The summed E-state index contributed by atoms with van der Waals surface area (Å²) in [5, 5.41) is 0.563. The molecular formula is C33H29ClO6. The van der Waals surface area contributed by atoms with Crippen LogP contribution in [0.15, 0.2) is 91.0 Å². The van der Waals surface area contributed by atoms with E-state index in [9.17, 15) is 9.59 Å². The average Bonchev–Trinajstić information content (AvgIpc) is 2.96. The molecule has 0 N–H and O–H groups in total. The smallest absolute Gasteiger partial charge is 0.355 e. The summed E-state index contributed by atoms with van der Waals surface area (Å²) < 4.78 is 22.1. The van der Waals surface area contributed by atoms with Gasteiger partial charge in [-0.2, -0.15) is 0 Å². The highest BCUT2D eigenvalue weighted by Gasteiger charge is 2.32. The highest BCUT2D eigenvalue weighted by atomic mass is 35.5. The van der Waals surface area contributed by atoms with Crippen molar-refractivity contribution in [3.8, 4) is 23.0 Å². The topological polar surface area (TPSA) is 71.1 Å². The number of benzene rings is 4. The third-order valence-electron chi connectivity index (χ3n) is 6.02. The summed E-state index contributed by atoms with van der Waals surface area (Å²) >= 11 is 5.90. The highest BCUT2D eigenvalue weighted by molar-refractivity contribution is 6.30. The predicted molar refractivity (Wildman–Crippen MR) is 157 cm³/mol. The van der Waals surface area contributed by atoms with Crippen molar-refractivity contribution in [2.45, 2.75) is 19.4 Å². The minimum absolute atomic E-state index is 0.136. The van der Waals surface area contributed by atoms with Gasteiger partial charge in [0.25, 0.3) is 0 Å². The molecule has 0 amide bonds. The molecule has 0 atom stereocenters. The highest BCUT2D eigenvalue weighted by Crippen LogP contribution is 2.25. The summed E-state index contributed by atoms with van der Waals surface area (Å²) in [5.41, 5.74) is 1.60. The van der Waals surface area contributed by atoms with Crippen molar-refractivity contribution in [3.63, 3.8) is 0 Å². The third-order valence-corrected chi connectivity index (χ3v) is 6.27. The Morgan fingerprint density at radius 1 is 0.650 bits per heavy atom. The summed E-state index contributed by atoms with van der Waals surface area (Å²) in [7, 11) is 3.22. The lowest BCUT2D eigenvalue weighted by molar-refractivity contribution is -0.149. The minimum atomic E-state index is -1.27. The van der Waals surface area contributed by atoms with Crippen LogP contribution < -0.4 is 18.9 Å². The summed E-state index contributed by atoms with van der Waals surface area (Å²) in [6, 6.07) is 26.1. The van der Waals surface area contributed by atoms with E-state index in [-0.39, 0.29) is 5.78 Å². The van der Waals surface area contributed by atoms with E-state index in [2.05, 4.69) is 0 Å². The van der Waals surface area contributed by atoms with Crippen LogP contribution in [-0.4, -0.2) is 31.6 Å². The molecule has 0 heterocycles. The van der Waals surface area contributed by atoms with Gasteiger partial charge in [-0.25, -0.2) is 4.79 Å². The SMILES string of the molecule is COc1cc(/C=C/c2ccc(OC(=O)C(C)(C)Oc3ccc(C(=O)c4ccc(Cl)cc4)cc3)cc2)cc(OC)c1. The first kappa shape index (κ1) is 28.5.